The zero-order valence-corrected chi connectivity index (χ0v) is 32.2. The Morgan fingerprint density at radius 2 is 0.885 bits per heavy atom. The topological polar surface area (TPSA) is 53.5 Å². The molecule has 290 valence electrons. The molecule has 0 N–H and O–H groups in total. The van der Waals surface area contributed by atoms with Crippen molar-refractivity contribution in [3.8, 4) is 40.1 Å². The van der Waals surface area contributed by atoms with Crippen LogP contribution < -0.4 is 0 Å². The van der Waals surface area contributed by atoms with Gasteiger partial charge in [0, 0.05) is 49.1 Å². The Morgan fingerprint density at radius 3 is 1.51 bits per heavy atom. The number of rotatable bonds is 5. The lowest BCUT2D eigenvalue weighted by Gasteiger charge is -2.18. The fourth-order valence-electron chi connectivity index (χ4n) is 9.16. The van der Waals surface area contributed by atoms with E-state index >= 15 is 13.2 Å². The molecular weight excluding hydrogens is 766 g/mol. The molecule has 4 aromatic heterocycles. The van der Waals surface area contributed by atoms with Crippen molar-refractivity contribution in [3.63, 3.8) is 0 Å². The molecule has 12 aromatic rings. The Hall–Kier alpha value is -8.04. The van der Waals surface area contributed by atoms with Crippen LogP contribution in [-0.4, -0.2) is 28.7 Å². The van der Waals surface area contributed by atoms with Gasteiger partial charge in [-0.15, -0.1) is 0 Å². The predicted octanol–water partition coefficient (Wildman–Crippen LogP) is 13.5. The number of hydrogen-bond acceptors (Lipinski definition) is 3. The molecule has 0 saturated heterocycles. The molecule has 0 saturated carbocycles. The quantitative estimate of drug-likeness (QED) is 0.174. The average molecular weight is 797 g/mol. The molecule has 0 aliphatic rings. The molecule has 0 fully saturated rings. The lowest BCUT2D eigenvalue weighted by atomic mass is 10.1. The first-order valence-electron chi connectivity index (χ1n) is 20.0. The number of aromatic nitrogens is 6. The molecule has 12 rings (SSSR count). The third kappa shape index (κ3) is 5.33. The van der Waals surface area contributed by atoms with Crippen molar-refractivity contribution >= 4 is 65.4 Å². The smallest absolute Gasteiger partial charge is 0.309 e. The summed E-state index contributed by atoms with van der Waals surface area (Å²) in [5.74, 6) is 0.775. The Kier molecular flexibility index (Phi) is 7.59. The summed E-state index contributed by atoms with van der Waals surface area (Å²) >= 11 is 0. The number of halogens is 3. The van der Waals surface area contributed by atoms with Gasteiger partial charge in [-0.2, -0.15) is 23.1 Å². The molecule has 0 aliphatic heterocycles. The predicted molar refractivity (Wildman–Crippen MR) is 239 cm³/mol. The SMILES string of the molecule is FC(F)(F)c1cc(-c2nc(-c3ccccc3)nc(-n3c4ccccc4c4ccccc43)n2)ccc1-n1c2ccccc2c2ccc3c(c4ccccc4n3-c3ccccc3)c21. The fraction of sp³-hybridized carbons (Fsp3) is 0.0192. The molecule has 9 heteroatoms. The molecule has 8 aromatic carbocycles. The normalized spacial score (nSPS) is 12.2. The highest BCUT2D eigenvalue weighted by atomic mass is 19.4. The monoisotopic (exact) mass is 796 g/mol. The molecular formula is C52H31F3N6. The van der Waals surface area contributed by atoms with E-state index in [4.69, 9.17) is 15.0 Å². The van der Waals surface area contributed by atoms with Crippen molar-refractivity contribution in [3.05, 3.63) is 194 Å². The lowest BCUT2D eigenvalue weighted by molar-refractivity contribution is -0.137. The molecule has 0 spiro atoms. The van der Waals surface area contributed by atoms with Crippen molar-refractivity contribution in [2.24, 2.45) is 0 Å². The van der Waals surface area contributed by atoms with Gasteiger partial charge in [-0.1, -0.05) is 127 Å². The minimum Gasteiger partial charge on any atom is -0.309 e. The minimum atomic E-state index is -4.75. The van der Waals surface area contributed by atoms with Crippen molar-refractivity contribution < 1.29 is 13.2 Å². The molecule has 0 aliphatic carbocycles. The van der Waals surface area contributed by atoms with Crippen LogP contribution in [0.4, 0.5) is 13.2 Å². The van der Waals surface area contributed by atoms with E-state index in [1.54, 1.807) is 16.7 Å². The molecule has 0 atom stereocenters. The van der Waals surface area contributed by atoms with E-state index < -0.39 is 11.7 Å². The highest BCUT2D eigenvalue weighted by molar-refractivity contribution is 6.26. The van der Waals surface area contributed by atoms with Crippen LogP contribution in [0.15, 0.2) is 188 Å². The maximum Gasteiger partial charge on any atom is 0.418 e. The first kappa shape index (κ1) is 35.0. The van der Waals surface area contributed by atoms with Crippen molar-refractivity contribution in [2.45, 2.75) is 6.18 Å². The van der Waals surface area contributed by atoms with Crippen molar-refractivity contribution in [1.82, 2.24) is 28.7 Å². The summed E-state index contributed by atoms with van der Waals surface area (Å²) in [6.07, 6.45) is -4.75. The lowest BCUT2D eigenvalue weighted by Crippen LogP contribution is -2.12. The molecule has 0 amide bonds. The molecule has 0 radical (unpaired) electrons. The summed E-state index contributed by atoms with van der Waals surface area (Å²) < 4.78 is 53.5. The van der Waals surface area contributed by atoms with Gasteiger partial charge in [-0.3, -0.25) is 4.57 Å². The van der Waals surface area contributed by atoms with Gasteiger partial charge >= 0.3 is 6.18 Å². The second-order valence-electron chi connectivity index (χ2n) is 15.1. The number of para-hydroxylation sites is 5. The van der Waals surface area contributed by atoms with Crippen LogP contribution in [-0.2, 0) is 6.18 Å². The van der Waals surface area contributed by atoms with Gasteiger partial charge in [0.2, 0.25) is 5.95 Å². The average Bonchev–Trinajstić information content (AvgIpc) is 3.95. The van der Waals surface area contributed by atoms with Gasteiger partial charge in [0.25, 0.3) is 0 Å². The van der Waals surface area contributed by atoms with E-state index in [9.17, 15) is 0 Å². The molecule has 4 heterocycles. The summed E-state index contributed by atoms with van der Waals surface area (Å²) in [6, 6.07) is 59.7. The zero-order chi connectivity index (χ0) is 40.8. The van der Waals surface area contributed by atoms with Gasteiger partial charge in [-0.05, 0) is 60.7 Å². The molecule has 61 heavy (non-hydrogen) atoms. The summed E-state index contributed by atoms with van der Waals surface area (Å²) in [6.45, 7) is 0. The maximum atomic E-state index is 15.8. The van der Waals surface area contributed by atoms with Crippen LogP contribution in [0, 0.1) is 0 Å². The van der Waals surface area contributed by atoms with Crippen LogP contribution in [0.3, 0.4) is 0 Å². The van der Waals surface area contributed by atoms with Crippen molar-refractivity contribution in [1.29, 1.82) is 0 Å². The molecule has 0 bridgehead atoms. The first-order valence-corrected chi connectivity index (χ1v) is 20.0. The van der Waals surface area contributed by atoms with E-state index in [-0.39, 0.29) is 17.1 Å². The highest BCUT2D eigenvalue weighted by Crippen LogP contribution is 2.45. The molecule has 6 nitrogen and oxygen atoms in total. The number of hydrogen-bond donors (Lipinski definition) is 0. The van der Waals surface area contributed by atoms with Crippen LogP contribution >= 0.6 is 0 Å². The standard InChI is InChI=1S/C52H31F3N6/c53-52(54,55)40-31-33(50-56-49(32-15-3-1-4-16-32)57-51(58-50)61-42-24-12-7-19-35(42)36-20-8-13-25-43(36)61)27-29-45(40)60-41-23-11-9-21-37(41)38-28-30-46-47(48(38)60)39-22-10-14-26-44(39)59(46)34-17-5-2-6-18-34/h1-31H. The number of nitrogens with zero attached hydrogens (tertiary/aromatic N) is 6. The van der Waals surface area contributed by atoms with E-state index in [2.05, 4.69) is 16.7 Å². The van der Waals surface area contributed by atoms with E-state index in [0.29, 0.717) is 28.4 Å². The minimum absolute atomic E-state index is 0.00597. The van der Waals surface area contributed by atoms with E-state index in [1.165, 1.54) is 6.07 Å². The van der Waals surface area contributed by atoms with Crippen LogP contribution in [0.25, 0.3) is 106 Å². The summed E-state index contributed by atoms with van der Waals surface area (Å²) in [7, 11) is 0. The largest absolute Gasteiger partial charge is 0.418 e. The summed E-state index contributed by atoms with van der Waals surface area (Å²) in [4.78, 5) is 14.8. The second-order valence-corrected chi connectivity index (χ2v) is 15.1. The van der Waals surface area contributed by atoms with Gasteiger partial charge in [-0.25, -0.2) is 4.98 Å². The fourth-order valence-corrected chi connectivity index (χ4v) is 9.16. The summed E-state index contributed by atoms with van der Waals surface area (Å²) in [5.41, 5.74) is 6.05. The maximum absolute atomic E-state index is 15.8. The molecule has 0 unspecified atom stereocenters. The zero-order valence-electron chi connectivity index (χ0n) is 32.2. The van der Waals surface area contributed by atoms with Crippen LogP contribution in [0.2, 0.25) is 0 Å². The summed E-state index contributed by atoms with van der Waals surface area (Å²) in [5, 5.41) is 5.55. The van der Waals surface area contributed by atoms with Gasteiger partial charge in [0.05, 0.1) is 44.4 Å². The Balaban J connectivity index is 1.14. The van der Waals surface area contributed by atoms with Gasteiger partial charge in [0.15, 0.2) is 11.6 Å². The Labute approximate surface area is 346 Å². The van der Waals surface area contributed by atoms with Crippen LogP contribution in [0.5, 0.6) is 0 Å². The second kappa shape index (κ2) is 13.2. The first-order chi connectivity index (χ1) is 29.9. The Morgan fingerprint density at radius 1 is 0.377 bits per heavy atom. The number of fused-ring (bicyclic) bond motifs is 10. The van der Waals surface area contributed by atoms with Gasteiger partial charge in [0.1, 0.15) is 0 Å². The number of alkyl halides is 3. The third-order valence-electron chi connectivity index (χ3n) is 11.7. The van der Waals surface area contributed by atoms with Gasteiger partial charge < -0.3 is 9.13 Å². The van der Waals surface area contributed by atoms with Crippen LogP contribution in [0.1, 0.15) is 5.56 Å². The van der Waals surface area contributed by atoms with E-state index in [1.807, 2.05) is 162 Å². The van der Waals surface area contributed by atoms with Crippen molar-refractivity contribution in [2.75, 3.05) is 0 Å². The Bertz CT molecular complexity index is 3640. The highest BCUT2D eigenvalue weighted by Gasteiger charge is 2.36. The number of benzene rings is 8. The third-order valence-corrected chi connectivity index (χ3v) is 11.7. The van der Waals surface area contributed by atoms with E-state index in [0.717, 1.165) is 60.1 Å².